The lowest BCUT2D eigenvalue weighted by atomic mass is 10.1. The van der Waals surface area contributed by atoms with Crippen LogP contribution in [-0.2, 0) is 9.59 Å². The van der Waals surface area contributed by atoms with Gasteiger partial charge in [-0.2, -0.15) is 0 Å². The molecule has 4 heteroatoms. The molecule has 1 heterocycles. The minimum Gasteiger partial charge on any atom is -0.321 e. The van der Waals surface area contributed by atoms with Crippen molar-refractivity contribution in [2.45, 2.75) is 19.8 Å². The fourth-order valence-electron chi connectivity index (χ4n) is 2.74. The lowest BCUT2D eigenvalue weighted by molar-refractivity contribution is -0.117. The van der Waals surface area contributed by atoms with Gasteiger partial charge in [0.1, 0.15) is 0 Å². The topological polar surface area (TPSA) is 49.4 Å². The molecule has 0 radical (unpaired) electrons. The van der Waals surface area contributed by atoms with Crippen LogP contribution in [0.4, 0.5) is 11.4 Å². The fraction of sp³-hybridized carbons (Fsp3) is 0.200. The van der Waals surface area contributed by atoms with Crippen molar-refractivity contribution < 1.29 is 9.59 Å². The molecule has 0 atom stereocenters. The Morgan fingerprint density at radius 1 is 1.12 bits per heavy atom. The molecule has 0 aromatic heterocycles. The molecule has 0 bridgehead atoms. The van der Waals surface area contributed by atoms with Gasteiger partial charge in [-0.15, -0.1) is 0 Å². The molecular formula is C20H20N2O2. The Morgan fingerprint density at radius 2 is 1.88 bits per heavy atom. The van der Waals surface area contributed by atoms with Gasteiger partial charge in [-0.1, -0.05) is 42.0 Å². The zero-order valence-electron chi connectivity index (χ0n) is 13.7. The third kappa shape index (κ3) is 3.71. The summed E-state index contributed by atoms with van der Waals surface area (Å²) in [6.07, 6.45) is 4.70. The first-order valence-electron chi connectivity index (χ1n) is 8.08. The van der Waals surface area contributed by atoms with Crippen LogP contribution in [0, 0.1) is 6.92 Å². The van der Waals surface area contributed by atoms with Crippen molar-refractivity contribution in [3.63, 3.8) is 0 Å². The molecular weight excluding hydrogens is 300 g/mol. The van der Waals surface area contributed by atoms with E-state index in [1.807, 2.05) is 55.5 Å². The Bertz CT molecular complexity index is 778. The summed E-state index contributed by atoms with van der Waals surface area (Å²) in [5.41, 5.74) is 3.57. The number of amides is 2. The Kier molecular flexibility index (Phi) is 4.75. The molecule has 0 spiro atoms. The Labute approximate surface area is 141 Å². The predicted octanol–water partition coefficient (Wildman–Crippen LogP) is 3.77. The normalized spacial score (nSPS) is 14.4. The maximum Gasteiger partial charge on any atom is 0.248 e. The average Bonchev–Trinajstić information content (AvgIpc) is 3.01. The lowest BCUT2D eigenvalue weighted by Crippen LogP contribution is -2.25. The highest BCUT2D eigenvalue weighted by atomic mass is 16.2. The number of anilines is 2. The molecule has 1 N–H and O–H groups in total. The number of hydrogen-bond donors (Lipinski definition) is 1. The standard InChI is InChI=1S/C20H20N2O2/c1-15-8-10-16(11-9-15)12-13-19(23)21-17-5-2-3-6-18(17)22-14-4-7-20(22)24/h2-3,5-6,8-13H,4,7,14H2,1H3,(H,21,23)/b13-12+. The van der Waals surface area contributed by atoms with E-state index < -0.39 is 0 Å². The SMILES string of the molecule is Cc1ccc(/C=C/C(=O)Nc2ccccc2N2CCCC2=O)cc1. The van der Waals surface area contributed by atoms with Gasteiger partial charge in [-0.3, -0.25) is 9.59 Å². The van der Waals surface area contributed by atoms with Crippen molar-refractivity contribution in [1.29, 1.82) is 0 Å². The third-order valence-electron chi connectivity index (χ3n) is 4.03. The molecule has 1 fully saturated rings. The molecule has 4 nitrogen and oxygen atoms in total. The molecule has 2 amide bonds. The van der Waals surface area contributed by atoms with Gasteiger partial charge in [0.05, 0.1) is 11.4 Å². The van der Waals surface area contributed by atoms with Crippen LogP contribution >= 0.6 is 0 Å². The number of nitrogens with zero attached hydrogens (tertiary/aromatic N) is 1. The second-order valence-electron chi connectivity index (χ2n) is 5.90. The Balaban J connectivity index is 1.72. The molecule has 122 valence electrons. The van der Waals surface area contributed by atoms with Crippen molar-refractivity contribution in [2.24, 2.45) is 0 Å². The molecule has 3 rings (SSSR count). The summed E-state index contributed by atoms with van der Waals surface area (Å²) in [6.45, 7) is 2.72. The first-order valence-corrected chi connectivity index (χ1v) is 8.08. The van der Waals surface area contributed by atoms with E-state index in [1.165, 1.54) is 11.6 Å². The highest BCUT2D eigenvalue weighted by Gasteiger charge is 2.23. The smallest absolute Gasteiger partial charge is 0.248 e. The molecule has 1 saturated heterocycles. The van der Waals surface area contributed by atoms with Crippen molar-refractivity contribution in [2.75, 3.05) is 16.8 Å². The molecule has 1 aliphatic rings. The highest BCUT2D eigenvalue weighted by molar-refractivity contribution is 6.06. The van der Waals surface area contributed by atoms with Gasteiger partial charge < -0.3 is 10.2 Å². The molecule has 0 unspecified atom stereocenters. The predicted molar refractivity (Wildman–Crippen MR) is 96.9 cm³/mol. The van der Waals surface area contributed by atoms with E-state index >= 15 is 0 Å². The third-order valence-corrected chi connectivity index (χ3v) is 4.03. The van der Waals surface area contributed by atoms with Crippen LogP contribution in [0.5, 0.6) is 0 Å². The summed E-state index contributed by atoms with van der Waals surface area (Å²) in [5.74, 6) is -0.110. The van der Waals surface area contributed by atoms with E-state index in [0.717, 1.165) is 17.7 Å². The van der Waals surface area contributed by atoms with Gasteiger partial charge in [0.15, 0.2) is 0 Å². The molecule has 0 aliphatic carbocycles. The zero-order valence-corrected chi connectivity index (χ0v) is 13.7. The number of aryl methyl sites for hydroxylation is 1. The minimum absolute atomic E-state index is 0.104. The number of nitrogens with one attached hydrogen (secondary N) is 1. The van der Waals surface area contributed by atoms with Crippen molar-refractivity contribution in [1.82, 2.24) is 0 Å². The van der Waals surface area contributed by atoms with Crippen LogP contribution in [0.1, 0.15) is 24.0 Å². The minimum atomic E-state index is -0.213. The summed E-state index contributed by atoms with van der Waals surface area (Å²) in [7, 11) is 0. The second-order valence-corrected chi connectivity index (χ2v) is 5.90. The molecule has 2 aromatic rings. The van der Waals surface area contributed by atoms with E-state index in [0.29, 0.717) is 18.7 Å². The number of carbonyl (C=O) groups is 2. The first-order chi connectivity index (χ1) is 11.6. The van der Waals surface area contributed by atoms with Gasteiger partial charge in [-0.25, -0.2) is 0 Å². The fourth-order valence-corrected chi connectivity index (χ4v) is 2.74. The molecule has 0 saturated carbocycles. The number of rotatable bonds is 4. The van der Waals surface area contributed by atoms with Crippen LogP contribution in [-0.4, -0.2) is 18.4 Å². The number of para-hydroxylation sites is 2. The maximum atomic E-state index is 12.2. The molecule has 24 heavy (non-hydrogen) atoms. The van der Waals surface area contributed by atoms with E-state index in [4.69, 9.17) is 0 Å². The highest BCUT2D eigenvalue weighted by Crippen LogP contribution is 2.29. The van der Waals surface area contributed by atoms with E-state index in [1.54, 1.807) is 11.0 Å². The first kappa shape index (κ1) is 16.0. The largest absolute Gasteiger partial charge is 0.321 e. The van der Waals surface area contributed by atoms with Crippen LogP contribution in [0.3, 0.4) is 0 Å². The molecule has 2 aromatic carbocycles. The number of benzene rings is 2. The van der Waals surface area contributed by atoms with Crippen LogP contribution < -0.4 is 10.2 Å². The van der Waals surface area contributed by atoms with Crippen molar-refractivity contribution in [3.8, 4) is 0 Å². The summed E-state index contributed by atoms with van der Waals surface area (Å²) in [4.78, 5) is 25.9. The lowest BCUT2D eigenvalue weighted by Gasteiger charge is -2.19. The molecule has 1 aliphatic heterocycles. The average molecular weight is 320 g/mol. The van der Waals surface area contributed by atoms with Gasteiger partial charge in [0, 0.05) is 19.0 Å². The summed E-state index contributed by atoms with van der Waals surface area (Å²) in [5, 5.41) is 2.87. The van der Waals surface area contributed by atoms with Gasteiger partial charge in [0.25, 0.3) is 0 Å². The van der Waals surface area contributed by atoms with Crippen LogP contribution in [0.2, 0.25) is 0 Å². The van der Waals surface area contributed by atoms with Gasteiger partial charge in [0.2, 0.25) is 11.8 Å². The van der Waals surface area contributed by atoms with Crippen LogP contribution in [0.25, 0.3) is 6.08 Å². The van der Waals surface area contributed by atoms with Crippen molar-refractivity contribution >= 4 is 29.3 Å². The number of carbonyl (C=O) groups excluding carboxylic acids is 2. The van der Waals surface area contributed by atoms with Gasteiger partial charge in [-0.05, 0) is 37.1 Å². The second kappa shape index (κ2) is 7.13. The number of hydrogen-bond acceptors (Lipinski definition) is 2. The quantitative estimate of drug-likeness (QED) is 0.872. The summed E-state index contributed by atoms with van der Waals surface area (Å²) in [6, 6.07) is 15.4. The Hall–Kier alpha value is -2.88. The Morgan fingerprint density at radius 3 is 2.58 bits per heavy atom. The van der Waals surface area contributed by atoms with Crippen molar-refractivity contribution in [3.05, 3.63) is 65.7 Å². The van der Waals surface area contributed by atoms with Crippen LogP contribution in [0.15, 0.2) is 54.6 Å². The maximum absolute atomic E-state index is 12.2. The van der Waals surface area contributed by atoms with E-state index in [2.05, 4.69) is 5.32 Å². The summed E-state index contributed by atoms with van der Waals surface area (Å²) < 4.78 is 0. The van der Waals surface area contributed by atoms with Gasteiger partial charge >= 0.3 is 0 Å². The monoisotopic (exact) mass is 320 g/mol. The summed E-state index contributed by atoms with van der Waals surface area (Å²) >= 11 is 0. The van der Waals surface area contributed by atoms with E-state index in [-0.39, 0.29) is 11.8 Å². The van der Waals surface area contributed by atoms with E-state index in [9.17, 15) is 9.59 Å². The zero-order chi connectivity index (χ0) is 16.9.